The number of methoxy groups -OCH3 is 2. The van der Waals surface area contributed by atoms with Crippen molar-refractivity contribution >= 4 is 29.2 Å². The number of ether oxygens (including phenoxy) is 3. The van der Waals surface area contributed by atoms with Crippen molar-refractivity contribution < 1.29 is 32.6 Å². The molecule has 0 saturated carbocycles. The highest BCUT2D eigenvalue weighted by Crippen LogP contribution is 2.35. The molecule has 1 aliphatic rings. The van der Waals surface area contributed by atoms with Crippen molar-refractivity contribution in [2.24, 2.45) is 0 Å². The molecule has 9 heteroatoms. The zero-order chi connectivity index (χ0) is 17.1. The number of benzene rings is 1. The Balaban J connectivity index is 2.65. The number of anilines is 1. The van der Waals surface area contributed by atoms with Crippen molar-refractivity contribution in [3.05, 3.63) is 40.1 Å². The second-order valence-electron chi connectivity index (χ2n) is 4.43. The van der Waals surface area contributed by atoms with Crippen molar-refractivity contribution in [3.8, 4) is 0 Å². The first-order chi connectivity index (χ1) is 10.9. The first-order valence-corrected chi connectivity index (χ1v) is 6.68. The maximum atomic E-state index is 14.1. The van der Waals surface area contributed by atoms with Crippen LogP contribution in [0.5, 0.6) is 0 Å². The molecule has 0 atom stereocenters. The number of halogens is 3. The van der Waals surface area contributed by atoms with Crippen LogP contribution >= 0.6 is 11.6 Å². The Kier molecular flexibility index (Phi) is 5.17. The minimum Gasteiger partial charge on any atom is -0.466 e. The third-order valence-electron chi connectivity index (χ3n) is 3.08. The summed E-state index contributed by atoms with van der Waals surface area (Å²) in [7, 11) is 2.22. The van der Waals surface area contributed by atoms with Gasteiger partial charge in [-0.2, -0.15) is 0 Å². The first kappa shape index (κ1) is 17.2. The fraction of sp³-hybridized carbons (Fsp3) is 0.286. The number of nitrogens with zero attached hydrogens (tertiary/aromatic N) is 1. The van der Waals surface area contributed by atoms with Gasteiger partial charge in [-0.15, -0.1) is 0 Å². The Bertz CT molecular complexity index is 669. The largest absolute Gasteiger partial charge is 0.466 e. The summed E-state index contributed by atoms with van der Waals surface area (Å²) in [6.07, 6.45) is 0. The van der Waals surface area contributed by atoms with E-state index in [1.54, 1.807) is 0 Å². The van der Waals surface area contributed by atoms with E-state index in [2.05, 4.69) is 9.47 Å². The van der Waals surface area contributed by atoms with Gasteiger partial charge in [0.2, 0.25) is 0 Å². The summed E-state index contributed by atoms with van der Waals surface area (Å²) < 4.78 is 41.7. The lowest BCUT2D eigenvalue weighted by molar-refractivity contribution is -0.140. The lowest BCUT2D eigenvalue weighted by Crippen LogP contribution is -2.39. The predicted molar refractivity (Wildman–Crippen MR) is 75.7 cm³/mol. The van der Waals surface area contributed by atoms with Crippen LogP contribution in [0.15, 0.2) is 23.4 Å². The summed E-state index contributed by atoms with van der Waals surface area (Å²) >= 11 is 5.87. The Morgan fingerprint density at radius 3 is 2.43 bits per heavy atom. The maximum Gasteiger partial charge on any atom is 0.355 e. The molecule has 0 aliphatic carbocycles. The second kappa shape index (κ2) is 6.93. The van der Waals surface area contributed by atoms with Crippen LogP contribution in [-0.4, -0.2) is 39.5 Å². The number of rotatable bonds is 3. The van der Waals surface area contributed by atoms with Crippen LogP contribution in [0.4, 0.5) is 14.5 Å². The summed E-state index contributed by atoms with van der Waals surface area (Å²) in [5.74, 6) is -3.65. The van der Waals surface area contributed by atoms with Crippen LogP contribution in [0.3, 0.4) is 0 Å². The van der Waals surface area contributed by atoms with Crippen molar-refractivity contribution in [2.45, 2.75) is 0 Å². The average molecular weight is 348 g/mol. The smallest absolute Gasteiger partial charge is 0.355 e. The molecular formula is C14H12ClF2NO5. The molecule has 0 fully saturated rings. The molecule has 0 aromatic heterocycles. The van der Waals surface area contributed by atoms with Gasteiger partial charge in [0, 0.05) is 6.07 Å². The molecule has 1 heterocycles. The molecule has 0 unspecified atom stereocenters. The monoisotopic (exact) mass is 347 g/mol. The molecule has 1 aromatic rings. The van der Waals surface area contributed by atoms with Crippen LogP contribution in [0.1, 0.15) is 0 Å². The van der Waals surface area contributed by atoms with E-state index in [1.165, 1.54) is 0 Å². The summed E-state index contributed by atoms with van der Waals surface area (Å²) in [5, 5.41) is -0.293. The lowest BCUT2D eigenvalue weighted by Gasteiger charge is -2.31. The van der Waals surface area contributed by atoms with Crippen LogP contribution in [0.2, 0.25) is 5.02 Å². The third-order valence-corrected chi connectivity index (χ3v) is 3.37. The van der Waals surface area contributed by atoms with Gasteiger partial charge < -0.3 is 19.1 Å². The zero-order valence-corrected chi connectivity index (χ0v) is 12.9. The number of carbonyl (C=O) groups is 2. The SMILES string of the molecule is COC(=O)C1=C(C(=O)OC)N(c2c(F)cc(F)cc2Cl)COC1. The first-order valence-electron chi connectivity index (χ1n) is 6.30. The summed E-state index contributed by atoms with van der Waals surface area (Å²) in [6, 6.07) is 1.48. The molecule has 0 spiro atoms. The molecule has 0 saturated heterocycles. The van der Waals surface area contributed by atoms with Gasteiger partial charge in [0.15, 0.2) is 5.82 Å². The molecule has 0 radical (unpaired) electrons. The standard InChI is InChI=1S/C14H12ClF2NO5/c1-21-13(19)8-5-23-6-18(11(8)14(20)22-2)12-9(15)3-7(16)4-10(12)17/h3-4H,5-6H2,1-2H3. The molecular weight excluding hydrogens is 336 g/mol. The van der Waals surface area contributed by atoms with Gasteiger partial charge in [-0.25, -0.2) is 18.4 Å². The highest BCUT2D eigenvalue weighted by molar-refractivity contribution is 6.33. The van der Waals surface area contributed by atoms with Gasteiger partial charge in [0.05, 0.1) is 37.1 Å². The predicted octanol–water partition coefficient (Wildman–Crippen LogP) is 2.01. The molecule has 6 nitrogen and oxygen atoms in total. The van der Waals surface area contributed by atoms with Gasteiger partial charge in [0.1, 0.15) is 18.2 Å². The van der Waals surface area contributed by atoms with Crippen molar-refractivity contribution in [1.29, 1.82) is 0 Å². The van der Waals surface area contributed by atoms with E-state index in [-0.39, 0.29) is 35.3 Å². The minimum atomic E-state index is -1.02. The van der Waals surface area contributed by atoms with E-state index in [4.69, 9.17) is 16.3 Å². The van der Waals surface area contributed by atoms with E-state index in [0.717, 1.165) is 25.2 Å². The quantitative estimate of drug-likeness (QED) is 0.779. The summed E-state index contributed by atoms with van der Waals surface area (Å²) in [5.41, 5.74) is -0.752. The topological polar surface area (TPSA) is 65.1 Å². The summed E-state index contributed by atoms with van der Waals surface area (Å²) in [6.45, 7) is -0.513. The van der Waals surface area contributed by atoms with Crippen molar-refractivity contribution in [3.63, 3.8) is 0 Å². The Labute approximate surface area is 135 Å². The Hall–Kier alpha value is -2.19. The zero-order valence-electron chi connectivity index (χ0n) is 12.2. The fourth-order valence-electron chi connectivity index (χ4n) is 2.11. The van der Waals surface area contributed by atoms with Gasteiger partial charge in [-0.3, -0.25) is 0 Å². The molecule has 1 aromatic carbocycles. The number of hydrogen-bond acceptors (Lipinski definition) is 6. The highest BCUT2D eigenvalue weighted by Gasteiger charge is 2.34. The van der Waals surface area contributed by atoms with E-state index < -0.39 is 23.6 Å². The molecule has 0 amide bonds. The van der Waals surface area contributed by atoms with E-state index in [0.29, 0.717) is 6.07 Å². The average Bonchev–Trinajstić information content (AvgIpc) is 2.52. The summed E-state index contributed by atoms with van der Waals surface area (Å²) in [4.78, 5) is 24.9. The van der Waals surface area contributed by atoms with Crippen molar-refractivity contribution in [2.75, 3.05) is 32.5 Å². The molecule has 0 N–H and O–H groups in total. The molecule has 2 rings (SSSR count). The van der Waals surface area contributed by atoms with Gasteiger partial charge in [-0.05, 0) is 6.07 Å². The van der Waals surface area contributed by atoms with E-state index >= 15 is 0 Å². The van der Waals surface area contributed by atoms with Crippen LogP contribution in [-0.2, 0) is 23.8 Å². The number of hydrogen-bond donors (Lipinski definition) is 0. The highest BCUT2D eigenvalue weighted by atomic mass is 35.5. The van der Waals surface area contributed by atoms with Gasteiger partial charge >= 0.3 is 11.9 Å². The molecule has 124 valence electrons. The van der Waals surface area contributed by atoms with Gasteiger partial charge in [-0.1, -0.05) is 11.6 Å². The normalized spacial score (nSPS) is 14.7. The Morgan fingerprint density at radius 2 is 1.87 bits per heavy atom. The van der Waals surface area contributed by atoms with Gasteiger partial charge in [0.25, 0.3) is 0 Å². The van der Waals surface area contributed by atoms with Crippen LogP contribution < -0.4 is 4.90 Å². The molecule has 0 bridgehead atoms. The molecule has 23 heavy (non-hydrogen) atoms. The van der Waals surface area contributed by atoms with Crippen LogP contribution in [0.25, 0.3) is 0 Å². The number of esters is 2. The van der Waals surface area contributed by atoms with E-state index in [9.17, 15) is 18.4 Å². The van der Waals surface area contributed by atoms with E-state index in [1.807, 2.05) is 0 Å². The van der Waals surface area contributed by atoms with Crippen LogP contribution in [0, 0.1) is 11.6 Å². The molecule has 1 aliphatic heterocycles. The minimum absolute atomic E-state index is 0.162. The number of carbonyl (C=O) groups excluding carboxylic acids is 2. The third kappa shape index (κ3) is 3.27. The van der Waals surface area contributed by atoms with Crippen molar-refractivity contribution in [1.82, 2.24) is 0 Å². The maximum absolute atomic E-state index is 14.1. The Morgan fingerprint density at radius 1 is 1.22 bits per heavy atom. The fourth-order valence-corrected chi connectivity index (χ4v) is 2.41. The lowest BCUT2D eigenvalue weighted by atomic mass is 10.1. The second-order valence-corrected chi connectivity index (χ2v) is 4.84.